The molecule has 0 radical (unpaired) electrons. The average Bonchev–Trinajstić information content (AvgIpc) is 2.39. The van der Waals surface area contributed by atoms with Crippen LogP contribution in [0.3, 0.4) is 0 Å². The van der Waals surface area contributed by atoms with Crippen molar-refractivity contribution in [2.75, 3.05) is 0 Å². The maximum Gasteiger partial charge on any atom is 0.128 e. The van der Waals surface area contributed by atoms with Crippen molar-refractivity contribution in [2.24, 2.45) is 0 Å². The summed E-state index contributed by atoms with van der Waals surface area (Å²) in [4.78, 5) is 1.12. The minimum Gasteiger partial charge on any atom is -0.207 e. The molecule has 0 saturated carbocycles. The first-order valence-corrected chi connectivity index (χ1v) is 6.55. The second kappa shape index (κ2) is 5.70. The average molecular weight is 257 g/mol. The summed E-state index contributed by atoms with van der Waals surface area (Å²) in [6.45, 7) is 2.04. The van der Waals surface area contributed by atoms with Gasteiger partial charge in [0, 0.05) is 10.6 Å². The normalized spacial score (nSPS) is 10.1. The number of hydrogen-bond acceptors (Lipinski definition) is 2. The molecule has 0 heterocycles. The first-order chi connectivity index (χ1) is 8.69. The van der Waals surface area contributed by atoms with Crippen LogP contribution in [0, 0.1) is 24.1 Å². The summed E-state index contributed by atoms with van der Waals surface area (Å²) in [6, 6.07) is 14.7. The number of nitriles is 1. The molecule has 1 nitrogen and oxygen atoms in total. The molecular weight excluding hydrogens is 245 g/mol. The van der Waals surface area contributed by atoms with Gasteiger partial charge >= 0.3 is 0 Å². The molecule has 0 aromatic heterocycles. The number of halogens is 1. The van der Waals surface area contributed by atoms with Gasteiger partial charge in [-0.1, -0.05) is 23.8 Å². The summed E-state index contributed by atoms with van der Waals surface area (Å²) >= 11 is 1.59. The van der Waals surface area contributed by atoms with Gasteiger partial charge in [-0.15, -0.1) is 11.8 Å². The third-order valence-electron chi connectivity index (χ3n) is 2.60. The van der Waals surface area contributed by atoms with Crippen LogP contribution < -0.4 is 0 Å². The number of nitrogens with zero attached hydrogens (tertiary/aromatic N) is 1. The van der Waals surface area contributed by atoms with E-state index in [9.17, 15) is 4.39 Å². The highest BCUT2D eigenvalue weighted by Crippen LogP contribution is 2.24. The summed E-state index contributed by atoms with van der Waals surface area (Å²) in [6.07, 6.45) is 0. The van der Waals surface area contributed by atoms with Crippen LogP contribution in [-0.2, 0) is 5.75 Å². The van der Waals surface area contributed by atoms with E-state index in [0.29, 0.717) is 16.9 Å². The molecule has 0 atom stereocenters. The smallest absolute Gasteiger partial charge is 0.128 e. The van der Waals surface area contributed by atoms with Gasteiger partial charge in [0.2, 0.25) is 0 Å². The highest BCUT2D eigenvalue weighted by Gasteiger charge is 2.04. The van der Waals surface area contributed by atoms with Crippen LogP contribution in [-0.4, -0.2) is 0 Å². The van der Waals surface area contributed by atoms with E-state index in [1.807, 2.05) is 37.3 Å². The summed E-state index contributed by atoms with van der Waals surface area (Å²) in [5.74, 6) is 0.259. The summed E-state index contributed by atoms with van der Waals surface area (Å²) in [5, 5.41) is 8.66. The lowest BCUT2D eigenvalue weighted by Gasteiger charge is -2.04. The maximum absolute atomic E-state index is 13.6. The third-order valence-corrected chi connectivity index (χ3v) is 3.66. The Balaban J connectivity index is 2.06. The van der Waals surface area contributed by atoms with Crippen molar-refractivity contribution in [2.45, 2.75) is 17.6 Å². The van der Waals surface area contributed by atoms with Gasteiger partial charge in [0.25, 0.3) is 0 Å². The van der Waals surface area contributed by atoms with Gasteiger partial charge in [-0.05, 0) is 36.8 Å². The Hall–Kier alpha value is -1.79. The molecule has 2 aromatic rings. The molecule has 0 spiro atoms. The molecule has 0 amide bonds. The van der Waals surface area contributed by atoms with Crippen LogP contribution in [0.4, 0.5) is 4.39 Å². The highest BCUT2D eigenvalue weighted by atomic mass is 32.2. The molecule has 2 aromatic carbocycles. The van der Waals surface area contributed by atoms with Gasteiger partial charge in [-0.2, -0.15) is 5.26 Å². The largest absolute Gasteiger partial charge is 0.207 e. The van der Waals surface area contributed by atoms with Crippen LogP contribution in [0.1, 0.15) is 16.7 Å². The first kappa shape index (κ1) is 12.7. The van der Waals surface area contributed by atoms with Gasteiger partial charge in [0.05, 0.1) is 11.6 Å². The molecule has 90 valence electrons. The molecule has 0 N–H and O–H groups in total. The lowest BCUT2D eigenvalue weighted by molar-refractivity contribution is 0.617. The molecule has 18 heavy (non-hydrogen) atoms. The predicted molar refractivity (Wildman–Crippen MR) is 71.9 cm³/mol. The highest BCUT2D eigenvalue weighted by molar-refractivity contribution is 7.98. The van der Waals surface area contributed by atoms with Crippen molar-refractivity contribution in [1.29, 1.82) is 5.26 Å². The van der Waals surface area contributed by atoms with Crippen molar-refractivity contribution >= 4 is 11.8 Å². The summed E-state index contributed by atoms with van der Waals surface area (Å²) in [7, 11) is 0. The molecule has 3 heteroatoms. The number of thioether (sulfide) groups is 1. The third kappa shape index (κ3) is 3.12. The second-order valence-corrected chi connectivity index (χ2v) is 5.07. The topological polar surface area (TPSA) is 23.8 Å². The molecule has 0 aliphatic carbocycles. The van der Waals surface area contributed by atoms with Crippen LogP contribution in [0.5, 0.6) is 0 Å². The van der Waals surface area contributed by atoms with Crippen molar-refractivity contribution < 1.29 is 4.39 Å². The zero-order valence-electron chi connectivity index (χ0n) is 9.98. The van der Waals surface area contributed by atoms with E-state index in [1.54, 1.807) is 23.9 Å². The monoisotopic (exact) mass is 257 g/mol. The van der Waals surface area contributed by atoms with E-state index in [2.05, 4.69) is 0 Å². The van der Waals surface area contributed by atoms with Crippen molar-refractivity contribution in [3.05, 3.63) is 65.0 Å². The minimum absolute atomic E-state index is 0.311. The fourth-order valence-corrected chi connectivity index (χ4v) is 2.41. The van der Waals surface area contributed by atoms with E-state index >= 15 is 0 Å². The SMILES string of the molecule is Cc1ccc(SCc2ccc(C#N)cc2F)cc1. The van der Waals surface area contributed by atoms with Gasteiger partial charge in [-0.25, -0.2) is 4.39 Å². The molecule has 0 unspecified atom stereocenters. The number of aryl methyl sites for hydroxylation is 1. The molecule has 0 aliphatic heterocycles. The number of hydrogen-bond donors (Lipinski definition) is 0. The van der Waals surface area contributed by atoms with Crippen molar-refractivity contribution in [1.82, 2.24) is 0 Å². The molecule has 0 saturated heterocycles. The van der Waals surface area contributed by atoms with Gasteiger partial charge in [0.1, 0.15) is 5.82 Å². The molecule has 0 fully saturated rings. The van der Waals surface area contributed by atoms with Crippen LogP contribution in [0.25, 0.3) is 0 Å². The Bertz CT molecular complexity index is 584. The molecular formula is C15H12FNS. The van der Waals surface area contributed by atoms with E-state index < -0.39 is 0 Å². The molecule has 0 aliphatic rings. The lowest BCUT2D eigenvalue weighted by atomic mass is 10.1. The van der Waals surface area contributed by atoms with Crippen LogP contribution in [0.15, 0.2) is 47.4 Å². The summed E-state index contributed by atoms with van der Waals surface area (Å²) < 4.78 is 13.6. The zero-order chi connectivity index (χ0) is 13.0. The Morgan fingerprint density at radius 3 is 2.50 bits per heavy atom. The Kier molecular flexibility index (Phi) is 4.01. The summed E-state index contributed by atoms with van der Waals surface area (Å²) in [5.41, 5.74) is 2.19. The quantitative estimate of drug-likeness (QED) is 0.765. The standard InChI is InChI=1S/C15H12FNS/c1-11-2-6-14(7-3-11)18-10-13-5-4-12(9-17)8-15(13)16/h2-8H,10H2,1H3. The fraction of sp³-hybridized carbons (Fsp3) is 0.133. The van der Waals surface area contributed by atoms with Crippen LogP contribution >= 0.6 is 11.8 Å². The first-order valence-electron chi connectivity index (χ1n) is 5.57. The molecule has 0 bridgehead atoms. The van der Waals surface area contributed by atoms with E-state index in [-0.39, 0.29) is 5.82 Å². The maximum atomic E-state index is 13.6. The second-order valence-electron chi connectivity index (χ2n) is 4.02. The van der Waals surface area contributed by atoms with Crippen LogP contribution in [0.2, 0.25) is 0 Å². The molecule has 2 rings (SSSR count). The fourth-order valence-electron chi connectivity index (χ4n) is 1.53. The Labute approximate surface area is 110 Å². The predicted octanol–water partition coefficient (Wildman–Crippen LogP) is 4.30. The zero-order valence-corrected chi connectivity index (χ0v) is 10.8. The van der Waals surface area contributed by atoms with E-state index in [0.717, 1.165) is 4.90 Å². The number of benzene rings is 2. The van der Waals surface area contributed by atoms with Crippen molar-refractivity contribution in [3.63, 3.8) is 0 Å². The van der Waals surface area contributed by atoms with Gasteiger partial charge < -0.3 is 0 Å². The minimum atomic E-state index is -0.311. The van der Waals surface area contributed by atoms with Gasteiger partial charge in [0.15, 0.2) is 0 Å². The Morgan fingerprint density at radius 2 is 1.89 bits per heavy atom. The van der Waals surface area contributed by atoms with E-state index in [1.165, 1.54) is 11.6 Å². The lowest BCUT2D eigenvalue weighted by Crippen LogP contribution is -1.89. The Morgan fingerprint density at radius 1 is 1.17 bits per heavy atom. The van der Waals surface area contributed by atoms with Crippen molar-refractivity contribution in [3.8, 4) is 6.07 Å². The van der Waals surface area contributed by atoms with E-state index in [4.69, 9.17) is 5.26 Å². The number of rotatable bonds is 3. The van der Waals surface area contributed by atoms with Gasteiger partial charge in [-0.3, -0.25) is 0 Å².